The number of pyridine rings is 1. The summed E-state index contributed by atoms with van der Waals surface area (Å²) in [4.78, 5) is 20.8. The van der Waals surface area contributed by atoms with Crippen molar-refractivity contribution < 1.29 is 0 Å². The number of rotatable bonds is 6. The van der Waals surface area contributed by atoms with Crippen molar-refractivity contribution in [3.8, 4) is 62.2 Å². The molecule has 298 valence electrons. The van der Waals surface area contributed by atoms with Gasteiger partial charge in [0.15, 0.2) is 17.5 Å². The summed E-state index contributed by atoms with van der Waals surface area (Å²) in [6.45, 7) is 0. The van der Waals surface area contributed by atoms with Gasteiger partial charge in [0, 0.05) is 75.0 Å². The minimum atomic E-state index is 0.611. The fraction of sp³-hybridized carbons (Fsp3) is 0. The smallest absolute Gasteiger partial charge is 0.164 e. The first-order valence-electron chi connectivity index (χ1n) is 21.5. The van der Waals surface area contributed by atoms with Gasteiger partial charge < -0.3 is 4.57 Å². The lowest BCUT2D eigenvalue weighted by molar-refractivity contribution is 1.07. The van der Waals surface area contributed by atoms with Crippen molar-refractivity contribution in [2.24, 2.45) is 0 Å². The molecular formula is C58H35N5S. The lowest BCUT2D eigenvalue weighted by Gasteiger charge is -2.14. The van der Waals surface area contributed by atoms with Crippen molar-refractivity contribution in [2.75, 3.05) is 0 Å². The minimum Gasteiger partial charge on any atom is -0.309 e. The molecule has 0 unspecified atom stereocenters. The van der Waals surface area contributed by atoms with E-state index in [1.165, 1.54) is 36.5 Å². The fourth-order valence-electron chi connectivity index (χ4n) is 9.41. The molecule has 13 aromatic rings. The van der Waals surface area contributed by atoms with Crippen molar-refractivity contribution in [2.45, 2.75) is 0 Å². The maximum atomic E-state index is 5.26. The van der Waals surface area contributed by atoms with Crippen LogP contribution in [-0.4, -0.2) is 24.5 Å². The summed E-state index contributed by atoms with van der Waals surface area (Å²) in [6, 6.07) is 75.0. The molecule has 5 nitrogen and oxygen atoms in total. The van der Waals surface area contributed by atoms with Crippen LogP contribution in [0.5, 0.6) is 0 Å². The highest BCUT2D eigenvalue weighted by Crippen LogP contribution is 2.43. The zero-order valence-electron chi connectivity index (χ0n) is 34.4. The molecule has 0 amide bonds. The Morgan fingerprint density at radius 1 is 0.328 bits per heavy atom. The lowest BCUT2D eigenvalue weighted by Crippen LogP contribution is -2.00. The van der Waals surface area contributed by atoms with E-state index in [4.69, 9.17) is 19.9 Å². The summed E-state index contributed by atoms with van der Waals surface area (Å²) in [6.07, 6.45) is 0. The summed E-state index contributed by atoms with van der Waals surface area (Å²) in [7, 11) is 0. The number of aromatic nitrogens is 5. The highest BCUT2D eigenvalue weighted by molar-refractivity contribution is 7.25. The van der Waals surface area contributed by atoms with E-state index in [9.17, 15) is 0 Å². The summed E-state index contributed by atoms with van der Waals surface area (Å²) in [5, 5.41) is 8.29. The second-order valence-corrected chi connectivity index (χ2v) is 17.3. The molecule has 6 heteroatoms. The van der Waals surface area contributed by atoms with E-state index in [-0.39, 0.29) is 0 Å². The van der Waals surface area contributed by atoms with Crippen LogP contribution in [-0.2, 0) is 0 Å². The van der Waals surface area contributed by atoms with Crippen molar-refractivity contribution in [1.29, 1.82) is 0 Å². The average molecular weight is 834 g/mol. The highest BCUT2D eigenvalue weighted by atomic mass is 32.1. The van der Waals surface area contributed by atoms with Crippen LogP contribution in [0.3, 0.4) is 0 Å². The van der Waals surface area contributed by atoms with Crippen LogP contribution >= 0.6 is 11.3 Å². The Morgan fingerprint density at radius 2 is 0.875 bits per heavy atom. The van der Waals surface area contributed by atoms with Gasteiger partial charge in [0.1, 0.15) is 0 Å². The monoisotopic (exact) mass is 833 g/mol. The number of hydrogen-bond donors (Lipinski definition) is 0. The van der Waals surface area contributed by atoms with Crippen LogP contribution in [0.15, 0.2) is 212 Å². The third kappa shape index (κ3) is 5.92. The zero-order valence-corrected chi connectivity index (χ0v) is 35.2. The molecule has 64 heavy (non-hydrogen) atoms. The van der Waals surface area contributed by atoms with Crippen LogP contribution in [0.25, 0.3) is 126 Å². The fourth-order valence-corrected chi connectivity index (χ4v) is 10.5. The van der Waals surface area contributed by atoms with Gasteiger partial charge in [-0.1, -0.05) is 170 Å². The van der Waals surface area contributed by atoms with E-state index in [1.807, 2.05) is 29.5 Å². The van der Waals surface area contributed by atoms with Gasteiger partial charge in [-0.05, 0) is 53.6 Å². The Balaban J connectivity index is 1.00. The van der Waals surface area contributed by atoms with E-state index >= 15 is 0 Å². The van der Waals surface area contributed by atoms with E-state index in [0.29, 0.717) is 17.5 Å². The first-order chi connectivity index (χ1) is 31.7. The number of nitrogens with zero attached hydrogens (tertiary/aromatic N) is 5. The molecule has 0 fully saturated rings. The number of thiophene rings is 1. The maximum absolute atomic E-state index is 5.26. The van der Waals surface area contributed by atoms with Gasteiger partial charge in [-0.15, -0.1) is 11.3 Å². The molecule has 0 atom stereocenters. The maximum Gasteiger partial charge on any atom is 0.164 e. The Morgan fingerprint density at radius 3 is 1.64 bits per heavy atom. The molecule has 0 bridgehead atoms. The molecule has 0 radical (unpaired) electrons. The van der Waals surface area contributed by atoms with Crippen LogP contribution in [0, 0.1) is 0 Å². The molecule has 0 aliphatic heterocycles. The standard InChI is InChI=1S/C58H35N5S/c1-4-14-37(15-5-1)54-47-32-31-45-43-30-28-41(35-50(43)63(42-18-8-3-9-19-42)55(45)53(47)46-21-10-12-22-49(46)59-54)58-61-56(38-16-6-2-7-17-38)60-57(62-58)39-26-24-36(25-27-39)40-29-33-52-48(34-40)44-20-11-13-23-51(44)64-52/h1-35H. The van der Waals surface area contributed by atoms with Crippen LogP contribution in [0.4, 0.5) is 0 Å². The molecule has 0 aliphatic rings. The van der Waals surface area contributed by atoms with Crippen molar-refractivity contribution in [3.05, 3.63) is 212 Å². The second-order valence-electron chi connectivity index (χ2n) is 16.2. The Hall–Kier alpha value is -8.32. The SMILES string of the molecule is c1ccc(-c2nc(-c3ccc(-c4ccc5sc6ccccc6c5c4)cc3)nc(-c3ccc4c5ccc6c(-c7ccccc7)nc7ccccc7c6c5n(-c5ccccc5)c4c3)n2)cc1. The van der Waals surface area contributed by atoms with Crippen molar-refractivity contribution in [1.82, 2.24) is 24.5 Å². The number of benzene rings is 9. The highest BCUT2D eigenvalue weighted by Gasteiger charge is 2.21. The molecule has 4 heterocycles. The van der Waals surface area contributed by atoms with Gasteiger partial charge in [-0.2, -0.15) is 0 Å². The molecule has 0 saturated carbocycles. The normalized spacial score (nSPS) is 11.8. The van der Waals surface area contributed by atoms with Gasteiger partial charge in [0.05, 0.1) is 22.2 Å². The third-order valence-corrected chi connectivity index (χ3v) is 13.6. The minimum absolute atomic E-state index is 0.611. The quantitative estimate of drug-likeness (QED) is 0.157. The summed E-state index contributed by atoms with van der Waals surface area (Å²) < 4.78 is 5.02. The average Bonchev–Trinajstić information content (AvgIpc) is 3.92. The van der Waals surface area contributed by atoms with Crippen LogP contribution in [0.2, 0.25) is 0 Å². The van der Waals surface area contributed by atoms with Gasteiger partial charge in [0.25, 0.3) is 0 Å². The number of para-hydroxylation sites is 2. The zero-order chi connectivity index (χ0) is 42.1. The summed E-state index contributed by atoms with van der Waals surface area (Å²) in [5.41, 5.74) is 11.4. The van der Waals surface area contributed by atoms with E-state index in [1.54, 1.807) is 0 Å². The Kier molecular flexibility index (Phi) is 8.32. The third-order valence-electron chi connectivity index (χ3n) is 12.4. The molecule has 9 aromatic carbocycles. The van der Waals surface area contributed by atoms with Crippen molar-refractivity contribution in [3.63, 3.8) is 0 Å². The predicted molar refractivity (Wildman–Crippen MR) is 267 cm³/mol. The molecule has 4 aromatic heterocycles. The van der Waals surface area contributed by atoms with E-state index in [2.05, 4.69) is 199 Å². The largest absolute Gasteiger partial charge is 0.309 e. The topological polar surface area (TPSA) is 56.5 Å². The first-order valence-corrected chi connectivity index (χ1v) is 22.3. The van der Waals surface area contributed by atoms with Gasteiger partial charge in [-0.3, -0.25) is 0 Å². The first kappa shape index (κ1) is 36.3. The Labute approximate surface area is 372 Å². The molecule has 13 rings (SSSR count). The molecule has 0 spiro atoms. The Bertz CT molecular complexity index is 3930. The van der Waals surface area contributed by atoms with Crippen LogP contribution in [0.1, 0.15) is 0 Å². The van der Waals surface area contributed by atoms with Crippen LogP contribution < -0.4 is 0 Å². The van der Waals surface area contributed by atoms with E-state index < -0.39 is 0 Å². The second kappa shape index (κ2) is 14.7. The molecule has 0 saturated heterocycles. The number of fused-ring (bicyclic) bond motifs is 10. The van der Waals surface area contributed by atoms with E-state index in [0.717, 1.165) is 71.9 Å². The van der Waals surface area contributed by atoms with Gasteiger partial charge in [0.2, 0.25) is 0 Å². The predicted octanol–water partition coefficient (Wildman–Crippen LogP) is 15.4. The van der Waals surface area contributed by atoms with Gasteiger partial charge >= 0.3 is 0 Å². The summed E-state index contributed by atoms with van der Waals surface area (Å²) in [5.74, 6) is 1.86. The molecular weight excluding hydrogens is 799 g/mol. The lowest BCUT2D eigenvalue weighted by atomic mass is 9.97. The summed E-state index contributed by atoms with van der Waals surface area (Å²) >= 11 is 1.84. The van der Waals surface area contributed by atoms with Gasteiger partial charge in [-0.25, -0.2) is 19.9 Å². The number of hydrogen-bond acceptors (Lipinski definition) is 5. The molecule has 0 aliphatic carbocycles. The molecule has 0 N–H and O–H groups in total. The van der Waals surface area contributed by atoms with Crippen molar-refractivity contribution >= 4 is 75.0 Å².